The van der Waals surface area contributed by atoms with Crippen molar-refractivity contribution in [3.05, 3.63) is 108 Å². The van der Waals surface area contributed by atoms with Crippen molar-refractivity contribution in [1.82, 2.24) is 15.5 Å². The van der Waals surface area contributed by atoms with Crippen LogP contribution in [-0.2, 0) is 41.8 Å². The van der Waals surface area contributed by atoms with Gasteiger partial charge in [-0.05, 0) is 29.5 Å². The number of fused-ring (bicyclic) bond motifs is 1. The molecule has 2 N–H and O–H groups in total. The minimum Gasteiger partial charge on any atom is -0.459 e. The molecule has 44 heavy (non-hydrogen) atoms. The Bertz CT molecular complexity index is 1480. The highest BCUT2D eigenvalue weighted by atomic mass is 32.2. The Labute approximate surface area is 259 Å². The molecule has 3 heterocycles. The Morgan fingerprint density at radius 3 is 2.05 bits per heavy atom. The lowest BCUT2D eigenvalue weighted by Gasteiger charge is -2.44. The molecule has 3 amide bonds. The number of β-lactam (4-membered cyclic amide) rings is 1. The van der Waals surface area contributed by atoms with Crippen LogP contribution in [0.3, 0.4) is 0 Å². The zero-order valence-electron chi connectivity index (χ0n) is 23.9. The summed E-state index contributed by atoms with van der Waals surface area (Å²) in [5.41, 5.74) is 2.19. The minimum atomic E-state index is -1.10. The monoisotopic (exact) mass is 615 g/mol. The molecular formula is C33H33N3O7S. The standard InChI is InChI=1S/C33H33N3O7S/c37-28(25(24-14-8-3-9-15-24)35-32(40)43-21-23-12-6-2-7-13-23)34-26-29(38)36-27(31(39)42-20-22-10-4-1-5-11-22)33(44-30(26)36)16-18-41-19-17-33/h1-15,25-27,30H,16-21H2,(H,34,37)(H,35,40)/t25?,26?,27?,30-/m0/s1. The molecule has 3 aromatic carbocycles. The second kappa shape index (κ2) is 13.1. The van der Waals surface area contributed by atoms with E-state index in [4.69, 9.17) is 14.2 Å². The van der Waals surface area contributed by atoms with Crippen LogP contribution < -0.4 is 10.6 Å². The third-order valence-corrected chi connectivity index (χ3v) is 10.0. The molecule has 0 aromatic heterocycles. The lowest BCUT2D eigenvalue weighted by atomic mass is 9.87. The van der Waals surface area contributed by atoms with Crippen LogP contribution in [0.2, 0.25) is 0 Å². The number of amides is 3. The lowest BCUT2D eigenvalue weighted by molar-refractivity contribution is -0.166. The van der Waals surface area contributed by atoms with E-state index in [1.807, 2.05) is 60.7 Å². The molecule has 3 fully saturated rings. The minimum absolute atomic E-state index is 0.0398. The average molecular weight is 616 g/mol. The number of nitrogens with one attached hydrogen (secondary N) is 2. The number of carbonyl (C=O) groups is 4. The van der Waals surface area contributed by atoms with Gasteiger partial charge in [0.15, 0.2) is 0 Å². The van der Waals surface area contributed by atoms with Crippen molar-refractivity contribution in [1.29, 1.82) is 0 Å². The molecule has 10 nitrogen and oxygen atoms in total. The number of carbonyl (C=O) groups excluding carboxylic acids is 4. The number of thioether (sulfide) groups is 1. The van der Waals surface area contributed by atoms with Crippen molar-refractivity contribution < 1.29 is 33.4 Å². The first-order valence-corrected chi connectivity index (χ1v) is 15.4. The van der Waals surface area contributed by atoms with Crippen LogP contribution in [0.25, 0.3) is 0 Å². The Morgan fingerprint density at radius 2 is 1.43 bits per heavy atom. The molecule has 3 unspecified atom stereocenters. The van der Waals surface area contributed by atoms with E-state index in [9.17, 15) is 19.2 Å². The first kappa shape index (κ1) is 29.7. The third-order valence-electron chi connectivity index (χ3n) is 8.17. The number of ether oxygens (including phenoxy) is 3. The van der Waals surface area contributed by atoms with E-state index in [-0.39, 0.29) is 19.1 Å². The van der Waals surface area contributed by atoms with Gasteiger partial charge >= 0.3 is 12.1 Å². The van der Waals surface area contributed by atoms with Gasteiger partial charge in [-0.1, -0.05) is 91.0 Å². The van der Waals surface area contributed by atoms with Crippen molar-refractivity contribution in [2.75, 3.05) is 13.2 Å². The molecular weight excluding hydrogens is 582 g/mol. The summed E-state index contributed by atoms with van der Waals surface area (Å²) < 4.78 is 16.1. The van der Waals surface area contributed by atoms with E-state index >= 15 is 0 Å². The predicted octanol–water partition coefficient (Wildman–Crippen LogP) is 3.72. The summed E-state index contributed by atoms with van der Waals surface area (Å²) in [7, 11) is 0. The zero-order valence-corrected chi connectivity index (χ0v) is 24.7. The van der Waals surface area contributed by atoms with Gasteiger partial charge in [-0.2, -0.15) is 0 Å². The van der Waals surface area contributed by atoms with Gasteiger partial charge in [-0.3, -0.25) is 9.59 Å². The van der Waals surface area contributed by atoms with Crippen LogP contribution in [0, 0.1) is 0 Å². The summed E-state index contributed by atoms with van der Waals surface area (Å²) in [5.74, 6) is -1.38. The molecule has 3 aliphatic rings. The van der Waals surface area contributed by atoms with Crippen LogP contribution in [0.1, 0.15) is 35.6 Å². The highest BCUT2D eigenvalue weighted by Crippen LogP contribution is 2.55. The average Bonchev–Trinajstić information content (AvgIpc) is 3.35. The summed E-state index contributed by atoms with van der Waals surface area (Å²) in [6, 6.07) is 24.6. The lowest BCUT2D eigenvalue weighted by Crippen LogP contribution is -2.71. The molecule has 0 radical (unpaired) electrons. The van der Waals surface area contributed by atoms with Crippen molar-refractivity contribution in [2.24, 2.45) is 0 Å². The van der Waals surface area contributed by atoms with Crippen LogP contribution in [-0.4, -0.2) is 64.2 Å². The van der Waals surface area contributed by atoms with Gasteiger partial charge in [0.1, 0.15) is 36.7 Å². The molecule has 0 saturated carbocycles. The maximum absolute atomic E-state index is 13.7. The van der Waals surface area contributed by atoms with Gasteiger partial charge in [0.05, 0.1) is 4.75 Å². The normalized spacial score (nSPS) is 22.3. The first-order chi connectivity index (χ1) is 21.4. The van der Waals surface area contributed by atoms with Crippen molar-refractivity contribution >= 4 is 35.6 Å². The molecule has 0 aliphatic carbocycles. The van der Waals surface area contributed by atoms with Crippen molar-refractivity contribution in [3.63, 3.8) is 0 Å². The van der Waals surface area contributed by atoms with E-state index in [0.717, 1.165) is 11.1 Å². The van der Waals surface area contributed by atoms with Crippen LogP contribution >= 0.6 is 11.8 Å². The number of esters is 1. The van der Waals surface area contributed by atoms with Crippen LogP contribution in [0.5, 0.6) is 0 Å². The van der Waals surface area contributed by atoms with Gasteiger partial charge in [0, 0.05) is 13.2 Å². The van der Waals surface area contributed by atoms with Gasteiger partial charge in [0.2, 0.25) is 11.8 Å². The zero-order chi connectivity index (χ0) is 30.5. The summed E-state index contributed by atoms with van der Waals surface area (Å²) in [5, 5.41) is 5.04. The summed E-state index contributed by atoms with van der Waals surface area (Å²) >= 11 is 1.52. The van der Waals surface area contributed by atoms with Gasteiger partial charge in [-0.25, -0.2) is 9.59 Å². The highest BCUT2D eigenvalue weighted by molar-refractivity contribution is 8.01. The molecule has 4 atom stereocenters. The first-order valence-electron chi connectivity index (χ1n) is 14.6. The molecule has 228 valence electrons. The van der Waals surface area contributed by atoms with Gasteiger partial charge in [0.25, 0.3) is 0 Å². The Hall–Kier alpha value is -4.35. The number of alkyl carbamates (subject to hydrolysis) is 1. The van der Waals surface area contributed by atoms with Crippen LogP contribution in [0.4, 0.5) is 4.79 Å². The summed E-state index contributed by atoms with van der Waals surface area (Å²) in [6.45, 7) is 1.07. The fourth-order valence-electron chi connectivity index (χ4n) is 5.89. The van der Waals surface area contributed by atoms with E-state index < -0.39 is 46.2 Å². The largest absolute Gasteiger partial charge is 0.459 e. The molecule has 0 bridgehead atoms. The second-order valence-corrected chi connectivity index (χ2v) is 12.5. The summed E-state index contributed by atoms with van der Waals surface area (Å²) in [6.07, 6.45) is 0.383. The number of hydrogen-bond acceptors (Lipinski definition) is 8. The SMILES string of the molecule is O=C(NC(C(=O)NC1C(=O)N2C(C(=O)OCc3ccccc3)C3(CCOCC3)S[C@@H]12)c1ccccc1)OCc1ccccc1. The summed E-state index contributed by atoms with van der Waals surface area (Å²) in [4.78, 5) is 55.1. The number of benzene rings is 3. The second-order valence-electron chi connectivity index (χ2n) is 11.0. The molecule has 3 aliphatic heterocycles. The van der Waals surface area contributed by atoms with Crippen LogP contribution in [0.15, 0.2) is 91.0 Å². The Morgan fingerprint density at radius 1 is 0.864 bits per heavy atom. The van der Waals surface area contributed by atoms with E-state index in [1.54, 1.807) is 35.2 Å². The van der Waals surface area contributed by atoms with Crippen molar-refractivity contribution in [2.45, 2.75) is 54.3 Å². The number of hydrogen-bond donors (Lipinski definition) is 2. The van der Waals surface area contributed by atoms with E-state index in [0.29, 0.717) is 31.6 Å². The maximum atomic E-state index is 13.7. The fraction of sp³-hybridized carbons (Fsp3) is 0.333. The Kier molecular flexibility index (Phi) is 8.85. The Balaban J connectivity index is 1.15. The van der Waals surface area contributed by atoms with Crippen molar-refractivity contribution in [3.8, 4) is 0 Å². The molecule has 3 saturated heterocycles. The van der Waals surface area contributed by atoms with Gasteiger partial charge in [-0.15, -0.1) is 11.8 Å². The molecule has 3 aromatic rings. The maximum Gasteiger partial charge on any atom is 0.408 e. The van der Waals surface area contributed by atoms with Gasteiger partial charge < -0.3 is 29.7 Å². The quantitative estimate of drug-likeness (QED) is 0.276. The topological polar surface area (TPSA) is 123 Å². The number of rotatable bonds is 9. The smallest absolute Gasteiger partial charge is 0.408 e. The highest BCUT2D eigenvalue weighted by Gasteiger charge is 2.67. The molecule has 1 spiro atoms. The van der Waals surface area contributed by atoms with E-state index in [1.165, 1.54) is 11.8 Å². The predicted molar refractivity (Wildman–Crippen MR) is 162 cm³/mol. The molecule has 11 heteroatoms. The van der Waals surface area contributed by atoms with E-state index in [2.05, 4.69) is 10.6 Å². The fourth-order valence-corrected chi connectivity index (χ4v) is 7.77. The molecule has 6 rings (SSSR count). The third kappa shape index (κ3) is 6.15. The number of nitrogens with zero attached hydrogens (tertiary/aromatic N) is 1.